The summed E-state index contributed by atoms with van der Waals surface area (Å²) in [5, 5.41) is -1.40. The standard InChI is InChI=1S/C11H21NO6S/c1-6-7-11(3,10(14)18-5)12-19(15,16)8(2)9(13)17-4/h8,12H,6-7H2,1-5H3. The molecule has 0 radical (unpaired) electrons. The molecule has 0 aliphatic carbocycles. The zero-order chi connectivity index (χ0) is 15.3. The Morgan fingerprint density at radius 1 is 1.26 bits per heavy atom. The van der Waals surface area contributed by atoms with Crippen molar-refractivity contribution in [3.05, 3.63) is 0 Å². The monoisotopic (exact) mass is 295 g/mol. The highest BCUT2D eigenvalue weighted by molar-refractivity contribution is 7.90. The van der Waals surface area contributed by atoms with Gasteiger partial charge in [-0.15, -0.1) is 0 Å². The molecule has 0 aromatic rings. The number of hydrogen-bond acceptors (Lipinski definition) is 6. The highest BCUT2D eigenvalue weighted by Gasteiger charge is 2.41. The fraction of sp³-hybridized carbons (Fsp3) is 0.818. The Balaban J connectivity index is 5.25. The molecule has 0 amide bonds. The molecule has 0 aromatic heterocycles. The molecule has 2 atom stereocenters. The van der Waals surface area contributed by atoms with Crippen molar-refractivity contribution < 1.29 is 27.5 Å². The van der Waals surface area contributed by atoms with E-state index in [0.29, 0.717) is 6.42 Å². The third-order valence-electron chi connectivity index (χ3n) is 2.75. The van der Waals surface area contributed by atoms with Crippen LogP contribution in [0, 0.1) is 0 Å². The largest absolute Gasteiger partial charge is 0.468 e. The zero-order valence-corrected chi connectivity index (χ0v) is 12.7. The van der Waals surface area contributed by atoms with E-state index in [-0.39, 0.29) is 6.42 Å². The molecule has 0 aliphatic rings. The van der Waals surface area contributed by atoms with Gasteiger partial charge in [0.2, 0.25) is 10.0 Å². The van der Waals surface area contributed by atoms with Gasteiger partial charge in [0, 0.05) is 0 Å². The van der Waals surface area contributed by atoms with Gasteiger partial charge in [-0.25, -0.2) is 8.42 Å². The average Bonchev–Trinajstić information content (AvgIpc) is 2.35. The number of sulfonamides is 1. The molecule has 8 heteroatoms. The number of carbonyl (C=O) groups is 2. The van der Waals surface area contributed by atoms with Crippen molar-refractivity contribution in [2.75, 3.05) is 14.2 Å². The van der Waals surface area contributed by atoms with Gasteiger partial charge in [-0.3, -0.25) is 9.59 Å². The van der Waals surface area contributed by atoms with Crippen LogP contribution in [0.15, 0.2) is 0 Å². The number of hydrogen-bond donors (Lipinski definition) is 1. The first-order chi connectivity index (χ1) is 8.64. The molecule has 0 aromatic carbocycles. The summed E-state index contributed by atoms with van der Waals surface area (Å²) in [6, 6.07) is 0. The Bertz CT molecular complexity index is 432. The lowest BCUT2D eigenvalue weighted by atomic mass is 9.98. The van der Waals surface area contributed by atoms with Crippen LogP contribution in [0.2, 0.25) is 0 Å². The topological polar surface area (TPSA) is 98.8 Å². The second kappa shape index (κ2) is 6.85. The van der Waals surface area contributed by atoms with Crippen molar-refractivity contribution in [2.45, 2.75) is 44.4 Å². The number of rotatable bonds is 7. The molecular formula is C11H21NO6S. The van der Waals surface area contributed by atoms with Crippen molar-refractivity contribution in [1.29, 1.82) is 0 Å². The number of methoxy groups -OCH3 is 2. The molecule has 1 N–H and O–H groups in total. The fourth-order valence-corrected chi connectivity index (χ4v) is 2.95. The Labute approximate surface area is 113 Å². The maximum absolute atomic E-state index is 12.0. The van der Waals surface area contributed by atoms with Gasteiger partial charge in [-0.05, 0) is 20.3 Å². The van der Waals surface area contributed by atoms with Gasteiger partial charge in [-0.1, -0.05) is 13.3 Å². The molecule has 2 unspecified atom stereocenters. The van der Waals surface area contributed by atoms with E-state index in [4.69, 9.17) is 0 Å². The Morgan fingerprint density at radius 2 is 1.79 bits per heavy atom. The Kier molecular flexibility index (Phi) is 6.44. The number of esters is 2. The lowest BCUT2D eigenvalue weighted by Crippen LogP contribution is -2.55. The summed E-state index contributed by atoms with van der Waals surface area (Å²) in [5.41, 5.74) is -1.40. The molecular weight excluding hydrogens is 274 g/mol. The normalized spacial score (nSPS) is 16.3. The molecule has 0 bridgehead atoms. The van der Waals surface area contributed by atoms with E-state index in [9.17, 15) is 18.0 Å². The molecule has 19 heavy (non-hydrogen) atoms. The van der Waals surface area contributed by atoms with Gasteiger partial charge in [0.25, 0.3) is 0 Å². The second-order valence-corrected chi connectivity index (χ2v) is 6.39. The molecule has 0 rings (SSSR count). The lowest BCUT2D eigenvalue weighted by Gasteiger charge is -2.28. The van der Waals surface area contributed by atoms with Crippen LogP contribution >= 0.6 is 0 Å². The van der Waals surface area contributed by atoms with Crippen molar-refractivity contribution in [3.8, 4) is 0 Å². The zero-order valence-electron chi connectivity index (χ0n) is 11.8. The quantitative estimate of drug-likeness (QED) is 0.674. The van der Waals surface area contributed by atoms with Gasteiger partial charge >= 0.3 is 11.9 Å². The fourth-order valence-electron chi connectivity index (χ4n) is 1.62. The van der Waals surface area contributed by atoms with Crippen LogP contribution in [0.5, 0.6) is 0 Å². The van der Waals surface area contributed by atoms with Gasteiger partial charge in [0.15, 0.2) is 5.25 Å². The maximum Gasteiger partial charge on any atom is 0.326 e. The highest BCUT2D eigenvalue weighted by Crippen LogP contribution is 2.17. The predicted octanol–water partition coefficient (Wildman–Crippen LogP) is 0.199. The van der Waals surface area contributed by atoms with Gasteiger partial charge in [0.1, 0.15) is 5.54 Å². The van der Waals surface area contributed by atoms with Crippen molar-refractivity contribution in [1.82, 2.24) is 4.72 Å². The first kappa shape index (κ1) is 17.8. The Morgan fingerprint density at radius 3 is 2.16 bits per heavy atom. The molecule has 112 valence electrons. The molecule has 0 saturated heterocycles. The van der Waals surface area contributed by atoms with E-state index in [1.165, 1.54) is 21.0 Å². The third kappa shape index (κ3) is 4.46. The van der Waals surface area contributed by atoms with E-state index >= 15 is 0 Å². The van der Waals surface area contributed by atoms with E-state index in [2.05, 4.69) is 14.2 Å². The van der Waals surface area contributed by atoms with Crippen LogP contribution < -0.4 is 4.72 Å². The third-order valence-corrected chi connectivity index (χ3v) is 4.61. The maximum atomic E-state index is 12.0. The first-order valence-corrected chi connectivity index (χ1v) is 7.38. The van der Waals surface area contributed by atoms with Crippen LogP contribution in [0.3, 0.4) is 0 Å². The smallest absolute Gasteiger partial charge is 0.326 e. The molecule has 0 heterocycles. The van der Waals surface area contributed by atoms with E-state index in [1.807, 2.05) is 0 Å². The molecule has 0 saturated carbocycles. The molecule has 0 spiro atoms. The van der Waals surface area contributed by atoms with Crippen molar-refractivity contribution in [2.24, 2.45) is 0 Å². The predicted molar refractivity (Wildman–Crippen MR) is 68.9 cm³/mol. The summed E-state index contributed by atoms with van der Waals surface area (Å²) in [6.45, 7) is 4.42. The van der Waals surface area contributed by atoms with Crippen LogP contribution in [-0.2, 0) is 29.1 Å². The van der Waals surface area contributed by atoms with E-state index in [1.54, 1.807) is 6.92 Å². The summed E-state index contributed by atoms with van der Waals surface area (Å²) < 4.78 is 35.3. The first-order valence-electron chi connectivity index (χ1n) is 5.83. The van der Waals surface area contributed by atoms with Crippen LogP contribution in [0.4, 0.5) is 0 Å². The summed E-state index contributed by atoms with van der Waals surface area (Å²) in [7, 11) is -1.76. The summed E-state index contributed by atoms with van der Waals surface area (Å²) in [4.78, 5) is 23.0. The molecule has 0 fully saturated rings. The van der Waals surface area contributed by atoms with Gasteiger partial charge in [-0.2, -0.15) is 4.72 Å². The molecule has 7 nitrogen and oxygen atoms in total. The Hall–Kier alpha value is -1.15. The van der Waals surface area contributed by atoms with Gasteiger partial charge < -0.3 is 9.47 Å². The van der Waals surface area contributed by atoms with E-state index < -0.39 is 32.8 Å². The average molecular weight is 295 g/mol. The van der Waals surface area contributed by atoms with Crippen LogP contribution in [-0.4, -0.2) is 45.4 Å². The van der Waals surface area contributed by atoms with Crippen molar-refractivity contribution in [3.63, 3.8) is 0 Å². The SMILES string of the molecule is CCCC(C)(NS(=O)(=O)C(C)C(=O)OC)C(=O)OC. The van der Waals surface area contributed by atoms with E-state index in [0.717, 1.165) is 7.11 Å². The minimum atomic E-state index is -4.03. The number of nitrogens with one attached hydrogen (secondary N) is 1. The van der Waals surface area contributed by atoms with Crippen molar-refractivity contribution >= 4 is 22.0 Å². The summed E-state index contributed by atoms with van der Waals surface area (Å²) in [5.74, 6) is -1.59. The minimum Gasteiger partial charge on any atom is -0.468 e. The minimum absolute atomic E-state index is 0.257. The number of ether oxygens (including phenoxy) is 2. The second-order valence-electron chi connectivity index (χ2n) is 4.39. The lowest BCUT2D eigenvalue weighted by molar-refractivity contribution is -0.147. The van der Waals surface area contributed by atoms with Crippen LogP contribution in [0.1, 0.15) is 33.6 Å². The van der Waals surface area contributed by atoms with Gasteiger partial charge in [0.05, 0.1) is 14.2 Å². The van der Waals surface area contributed by atoms with Crippen LogP contribution in [0.25, 0.3) is 0 Å². The summed E-state index contributed by atoms with van der Waals surface area (Å²) >= 11 is 0. The number of carbonyl (C=O) groups excluding carboxylic acids is 2. The highest BCUT2D eigenvalue weighted by atomic mass is 32.2. The molecule has 0 aliphatic heterocycles. The summed E-state index contributed by atoms with van der Waals surface area (Å²) in [6.07, 6.45) is 0.827.